The number of nitrogens with zero attached hydrogens (tertiary/aromatic N) is 2. The molecule has 0 aliphatic carbocycles. The van der Waals surface area contributed by atoms with Crippen molar-refractivity contribution >= 4 is 11.6 Å². The van der Waals surface area contributed by atoms with Gasteiger partial charge < -0.3 is 14.8 Å². The van der Waals surface area contributed by atoms with Crippen molar-refractivity contribution in [3.05, 3.63) is 88.5 Å². The Morgan fingerprint density at radius 3 is 2.60 bits per heavy atom. The molecule has 2 aromatic carbocycles. The molecule has 1 N–H and O–H groups in total. The first kappa shape index (κ1) is 19.2. The average Bonchev–Trinajstić information content (AvgIpc) is 3.37. The molecule has 2 aliphatic rings. The van der Waals surface area contributed by atoms with Crippen LogP contribution in [0.5, 0.6) is 0 Å². The Bertz CT molecular complexity index is 1040. The predicted octanol–water partition coefficient (Wildman–Crippen LogP) is 4.52. The maximum atomic E-state index is 6.18. The highest BCUT2D eigenvalue weighted by Gasteiger charge is 2.29. The van der Waals surface area contributed by atoms with E-state index in [1.807, 2.05) is 18.2 Å². The van der Waals surface area contributed by atoms with Crippen LogP contribution in [-0.4, -0.2) is 29.7 Å². The summed E-state index contributed by atoms with van der Waals surface area (Å²) in [6.45, 7) is 2.14. The lowest BCUT2D eigenvalue weighted by molar-refractivity contribution is 0.0704. The molecule has 30 heavy (non-hydrogen) atoms. The van der Waals surface area contributed by atoms with E-state index in [0.29, 0.717) is 0 Å². The number of halogens is 1. The molecular formula is C24H24ClN3O2. The van der Waals surface area contributed by atoms with Crippen molar-refractivity contribution in [1.29, 1.82) is 0 Å². The van der Waals surface area contributed by atoms with E-state index in [-0.39, 0.29) is 12.8 Å². The van der Waals surface area contributed by atoms with Crippen molar-refractivity contribution in [2.75, 3.05) is 19.9 Å². The van der Waals surface area contributed by atoms with Crippen molar-refractivity contribution in [2.45, 2.75) is 25.3 Å². The molecule has 0 bridgehead atoms. The smallest absolute Gasteiger partial charge is 0.229 e. The van der Waals surface area contributed by atoms with E-state index >= 15 is 0 Å². The number of hydrogen-bond acceptors (Lipinski definition) is 4. The second-order valence-corrected chi connectivity index (χ2v) is 8.07. The van der Waals surface area contributed by atoms with E-state index in [0.717, 1.165) is 60.1 Å². The number of benzene rings is 2. The maximum Gasteiger partial charge on any atom is 0.229 e. The molecule has 0 spiro atoms. The minimum Gasteiger partial charge on any atom is -0.462 e. The SMILES string of the molecule is Clc1ccc(-c2c3c(nn2C(Cc2ccccc2)C2=COCO2)CCNCC3)cc1. The van der Waals surface area contributed by atoms with Crippen molar-refractivity contribution in [3.63, 3.8) is 0 Å². The zero-order chi connectivity index (χ0) is 20.3. The largest absolute Gasteiger partial charge is 0.462 e. The molecule has 0 saturated heterocycles. The van der Waals surface area contributed by atoms with Gasteiger partial charge in [-0.3, -0.25) is 4.68 Å². The fourth-order valence-corrected chi connectivity index (χ4v) is 4.36. The van der Waals surface area contributed by atoms with Gasteiger partial charge in [0.25, 0.3) is 0 Å². The zero-order valence-corrected chi connectivity index (χ0v) is 17.4. The van der Waals surface area contributed by atoms with Crippen LogP contribution in [0.2, 0.25) is 5.02 Å². The molecule has 154 valence electrons. The molecule has 5 nitrogen and oxygen atoms in total. The molecule has 0 amide bonds. The average molecular weight is 422 g/mol. The van der Waals surface area contributed by atoms with Crippen LogP contribution in [0.25, 0.3) is 11.3 Å². The van der Waals surface area contributed by atoms with Crippen molar-refractivity contribution in [3.8, 4) is 11.3 Å². The Kier molecular flexibility index (Phi) is 5.47. The quantitative estimate of drug-likeness (QED) is 0.658. The lowest BCUT2D eigenvalue weighted by Crippen LogP contribution is -2.20. The summed E-state index contributed by atoms with van der Waals surface area (Å²) in [5.74, 6) is 0.810. The Hall–Kier alpha value is -2.76. The first-order valence-corrected chi connectivity index (χ1v) is 10.7. The predicted molar refractivity (Wildman–Crippen MR) is 117 cm³/mol. The summed E-state index contributed by atoms with van der Waals surface area (Å²) >= 11 is 6.18. The van der Waals surface area contributed by atoms with Gasteiger partial charge in [-0.2, -0.15) is 5.10 Å². The summed E-state index contributed by atoms with van der Waals surface area (Å²) in [5.41, 5.74) is 5.95. The number of aromatic nitrogens is 2. The van der Waals surface area contributed by atoms with Crippen LogP contribution in [0.15, 0.2) is 66.6 Å². The maximum absolute atomic E-state index is 6.18. The van der Waals surface area contributed by atoms with Gasteiger partial charge in [-0.1, -0.05) is 54.1 Å². The molecule has 6 heteroatoms. The van der Waals surface area contributed by atoms with Gasteiger partial charge in [-0.15, -0.1) is 0 Å². The number of rotatable bonds is 5. The number of fused-ring (bicyclic) bond motifs is 1. The summed E-state index contributed by atoms with van der Waals surface area (Å²) in [7, 11) is 0. The third-order valence-electron chi connectivity index (χ3n) is 5.69. The van der Waals surface area contributed by atoms with E-state index < -0.39 is 0 Å². The van der Waals surface area contributed by atoms with Gasteiger partial charge in [0.15, 0.2) is 5.76 Å². The van der Waals surface area contributed by atoms with Crippen LogP contribution in [0.4, 0.5) is 0 Å². The van der Waals surface area contributed by atoms with Gasteiger partial charge in [-0.25, -0.2) is 0 Å². The highest BCUT2D eigenvalue weighted by molar-refractivity contribution is 6.30. The van der Waals surface area contributed by atoms with Crippen molar-refractivity contribution < 1.29 is 9.47 Å². The van der Waals surface area contributed by atoms with Crippen LogP contribution in [0.3, 0.4) is 0 Å². The van der Waals surface area contributed by atoms with Gasteiger partial charge in [0.05, 0.1) is 11.4 Å². The molecule has 1 unspecified atom stereocenters. The monoisotopic (exact) mass is 421 g/mol. The summed E-state index contributed by atoms with van der Waals surface area (Å²) in [5, 5.41) is 9.33. The highest BCUT2D eigenvalue weighted by atomic mass is 35.5. The van der Waals surface area contributed by atoms with Crippen LogP contribution in [-0.2, 0) is 28.7 Å². The highest BCUT2D eigenvalue weighted by Crippen LogP contribution is 2.36. The van der Waals surface area contributed by atoms with Gasteiger partial charge in [0, 0.05) is 35.5 Å². The summed E-state index contributed by atoms with van der Waals surface area (Å²) in [6, 6.07) is 18.4. The van der Waals surface area contributed by atoms with Crippen LogP contribution in [0.1, 0.15) is 22.9 Å². The minimum atomic E-state index is -0.0829. The Morgan fingerprint density at radius 1 is 1.03 bits per heavy atom. The Morgan fingerprint density at radius 2 is 1.83 bits per heavy atom. The van der Waals surface area contributed by atoms with Crippen LogP contribution in [0, 0.1) is 0 Å². The molecule has 0 saturated carbocycles. The first-order valence-electron chi connectivity index (χ1n) is 10.3. The standard InChI is InChI=1S/C24H24ClN3O2/c25-19-8-6-18(7-9-19)24-20-10-12-26-13-11-21(20)27-28(24)22(23-15-29-16-30-23)14-17-4-2-1-3-5-17/h1-9,15,22,26H,10-14,16H2. The fraction of sp³-hybridized carbons (Fsp3) is 0.292. The Balaban J connectivity index is 1.65. The van der Waals surface area contributed by atoms with Crippen molar-refractivity contribution in [2.24, 2.45) is 0 Å². The normalized spacial score (nSPS) is 16.8. The molecule has 3 aromatic rings. The van der Waals surface area contributed by atoms with E-state index in [9.17, 15) is 0 Å². The molecule has 0 fully saturated rings. The number of ether oxygens (including phenoxy) is 2. The van der Waals surface area contributed by atoms with Gasteiger partial charge >= 0.3 is 0 Å². The molecule has 1 atom stereocenters. The van der Waals surface area contributed by atoms with Gasteiger partial charge in [-0.05, 0) is 30.7 Å². The van der Waals surface area contributed by atoms with E-state index in [4.69, 9.17) is 26.2 Å². The lowest BCUT2D eigenvalue weighted by atomic mass is 10.0. The lowest BCUT2D eigenvalue weighted by Gasteiger charge is -2.21. The van der Waals surface area contributed by atoms with E-state index in [1.165, 1.54) is 11.1 Å². The topological polar surface area (TPSA) is 48.3 Å². The second kappa shape index (κ2) is 8.54. The third-order valence-corrected chi connectivity index (χ3v) is 5.94. The van der Waals surface area contributed by atoms with Gasteiger partial charge in [0.1, 0.15) is 12.3 Å². The molecule has 1 aromatic heterocycles. The summed E-state index contributed by atoms with van der Waals surface area (Å²) in [4.78, 5) is 0. The van der Waals surface area contributed by atoms with Crippen molar-refractivity contribution in [1.82, 2.24) is 15.1 Å². The zero-order valence-electron chi connectivity index (χ0n) is 16.7. The summed E-state index contributed by atoms with van der Waals surface area (Å²) in [6.07, 6.45) is 4.36. The van der Waals surface area contributed by atoms with E-state index in [1.54, 1.807) is 6.26 Å². The summed E-state index contributed by atoms with van der Waals surface area (Å²) < 4.78 is 13.4. The number of allylic oxidation sites excluding steroid dienone is 1. The number of nitrogens with one attached hydrogen (secondary N) is 1. The molecule has 5 rings (SSSR count). The second-order valence-electron chi connectivity index (χ2n) is 7.63. The van der Waals surface area contributed by atoms with E-state index in [2.05, 4.69) is 46.4 Å². The minimum absolute atomic E-state index is 0.0829. The molecular weight excluding hydrogens is 398 g/mol. The molecule has 0 radical (unpaired) electrons. The third kappa shape index (κ3) is 3.83. The first-order chi connectivity index (χ1) is 14.8. The molecule has 2 aliphatic heterocycles. The number of hydrogen-bond donors (Lipinski definition) is 1. The van der Waals surface area contributed by atoms with Gasteiger partial charge in [0.2, 0.25) is 6.79 Å². The van der Waals surface area contributed by atoms with Crippen LogP contribution >= 0.6 is 11.6 Å². The Labute approximate surface area is 181 Å². The van der Waals surface area contributed by atoms with Crippen LogP contribution < -0.4 is 5.32 Å². The fourth-order valence-electron chi connectivity index (χ4n) is 4.24. The molecule has 3 heterocycles.